The lowest BCUT2D eigenvalue weighted by Crippen LogP contribution is -2.44. The van der Waals surface area contributed by atoms with Gasteiger partial charge < -0.3 is 10.1 Å². The number of carbonyl (C=O) groups excluding carboxylic acids is 1. The SMILES string of the molecule is CCNC1CN(CCOC(C)=O)S(=O)(=O)c2sc(S(N)(=O)=O)cc21.Cl. The number of sulfonamides is 2. The molecule has 2 rings (SSSR count). The third-order valence-electron chi connectivity index (χ3n) is 3.42. The molecule has 1 aliphatic heterocycles. The molecule has 0 bridgehead atoms. The van der Waals surface area contributed by atoms with Gasteiger partial charge in [0.1, 0.15) is 15.0 Å². The highest BCUT2D eigenvalue weighted by atomic mass is 35.5. The van der Waals surface area contributed by atoms with Crippen LogP contribution in [-0.4, -0.2) is 53.4 Å². The highest BCUT2D eigenvalue weighted by Crippen LogP contribution is 2.39. The van der Waals surface area contributed by atoms with Crippen LogP contribution in [0.3, 0.4) is 0 Å². The van der Waals surface area contributed by atoms with E-state index in [9.17, 15) is 21.6 Å². The molecule has 0 radical (unpaired) electrons. The number of halogens is 1. The van der Waals surface area contributed by atoms with Crippen LogP contribution in [0.2, 0.25) is 0 Å². The Morgan fingerprint density at radius 1 is 1.52 bits per heavy atom. The molecule has 144 valence electrons. The van der Waals surface area contributed by atoms with Gasteiger partial charge in [-0.1, -0.05) is 6.92 Å². The number of nitrogens with zero attached hydrogens (tertiary/aromatic N) is 1. The van der Waals surface area contributed by atoms with Gasteiger partial charge in [0.15, 0.2) is 0 Å². The van der Waals surface area contributed by atoms with Crippen LogP contribution in [0.1, 0.15) is 25.5 Å². The van der Waals surface area contributed by atoms with Gasteiger partial charge in [0.2, 0.25) is 10.0 Å². The van der Waals surface area contributed by atoms with E-state index in [1.165, 1.54) is 17.3 Å². The van der Waals surface area contributed by atoms with Crippen molar-refractivity contribution in [1.29, 1.82) is 0 Å². The van der Waals surface area contributed by atoms with E-state index < -0.39 is 26.0 Å². The molecule has 0 saturated heterocycles. The molecule has 25 heavy (non-hydrogen) atoms. The zero-order chi connectivity index (χ0) is 18.1. The minimum atomic E-state index is -3.99. The number of esters is 1. The third kappa shape index (κ3) is 4.90. The van der Waals surface area contributed by atoms with E-state index in [4.69, 9.17) is 9.88 Å². The third-order valence-corrected chi connectivity index (χ3v) is 8.38. The quantitative estimate of drug-likeness (QED) is 0.604. The first kappa shape index (κ1) is 22.3. The number of nitrogens with two attached hydrogens (primary N) is 1. The summed E-state index contributed by atoms with van der Waals surface area (Å²) >= 11 is 0.632. The van der Waals surface area contributed by atoms with Crippen LogP contribution in [0, 0.1) is 0 Å². The lowest BCUT2D eigenvalue weighted by molar-refractivity contribution is -0.141. The fourth-order valence-electron chi connectivity index (χ4n) is 2.39. The van der Waals surface area contributed by atoms with Crippen LogP contribution in [-0.2, 0) is 29.6 Å². The van der Waals surface area contributed by atoms with Crippen molar-refractivity contribution in [3.63, 3.8) is 0 Å². The molecule has 0 aliphatic carbocycles. The van der Waals surface area contributed by atoms with Gasteiger partial charge in [0.25, 0.3) is 10.0 Å². The first-order valence-corrected chi connectivity index (χ1v) is 10.9. The largest absolute Gasteiger partial charge is 0.464 e. The summed E-state index contributed by atoms with van der Waals surface area (Å²) in [7, 11) is -7.86. The van der Waals surface area contributed by atoms with Gasteiger partial charge in [0, 0.05) is 31.6 Å². The van der Waals surface area contributed by atoms with Crippen molar-refractivity contribution < 1.29 is 26.4 Å². The summed E-state index contributed by atoms with van der Waals surface area (Å²) in [5.74, 6) is -0.499. The van der Waals surface area contributed by atoms with Gasteiger partial charge >= 0.3 is 5.97 Å². The number of likely N-dealkylation sites (N-methyl/N-ethyl adjacent to an activating group) is 1. The molecule has 9 nitrogen and oxygen atoms in total. The second kappa shape index (κ2) is 8.29. The minimum absolute atomic E-state index is 0. The van der Waals surface area contributed by atoms with E-state index in [0.717, 1.165) is 0 Å². The van der Waals surface area contributed by atoms with Crippen molar-refractivity contribution >= 4 is 49.8 Å². The lowest BCUT2D eigenvalue weighted by atomic mass is 10.1. The second-order valence-corrected chi connectivity index (χ2v) is 10.1. The highest BCUT2D eigenvalue weighted by Gasteiger charge is 2.39. The molecule has 0 amide bonds. The van der Waals surface area contributed by atoms with E-state index in [1.54, 1.807) is 0 Å². The molecule has 1 aromatic rings. The van der Waals surface area contributed by atoms with Crippen LogP contribution in [0.15, 0.2) is 14.5 Å². The molecule has 1 atom stereocenters. The van der Waals surface area contributed by atoms with E-state index in [0.29, 0.717) is 23.4 Å². The predicted molar refractivity (Wildman–Crippen MR) is 94.7 cm³/mol. The maximum Gasteiger partial charge on any atom is 0.302 e. The molecule has 0 fully saturated rings. The van der Waals surface area contributed by atoms with Gasteiger partial charge in [-0.3, -0.25) is 4.79 Å². The van der Waals surface area contributed by atoms with Gasteiger partial charge in [0.05, 0.1) is 0 Å². The number of thiophene rings is 1. The minimum Gasteiger partial charge on any atom is -0.464 e. The summed E-state index contributed by atoms with van der Waals surface area (Å²) in [6.07, 6.45) is 0. The summed E-state index contributed by atoms with van der Waals surface area (Å²) in [4.78, 5) is 10.8. The predicted octanol–water partition coefficient (Wildman–Crippen LogP) is 0.0353. The number of hydrogen-bond acceptors (Lipinski definition) is 8. The van der Waals surface area contributed by atoms with Gasteiger partial charge in [-0.15, -0.1) is 23.7 Å². The average Bonchev–Trinajstić information content (AvgIpc) is 2.90. The van der Waals surface area contributed by atoms with E-state index in [1.807, 2.05) is 6.92 Å². The highest BCUT2D eigenvalue weighted by molar-refractivity contribution is 7.94. The summed E-state index contributed by atoms with van der Waals surface area (Å²) in [6.45, 7) is 3.70. The van der Waals surface area contributed by atoms with Gasteiger partial charge in [-0.2, -0.15) is 4.31 Å². The topological polar surface area (TPSA) is 136 Å². The summed E-state index contributed by atoms with van der Waals surface area (Å²) < 4.78 is 54.3. The summed E-state index contributed by atoms with van der Waals surface area (Å²) in [6, 6.07) is 0.946. The van der Waals surface area contributed by atoms with Crippen LogP contribution >= 0.6 is 23.7 Å². The molecule has 2 heterocycles. The molecular formula is C12H20ClN3O6S3. The molecule has 1 unspecified atom stereocenters. The average molecular weight is 434 g/mol. The fraction of sp³-hybridized carbons (Fsp3) is 0.583. The molecule has 0 saturated carbocycles. The van der Waals surface area contributed by atoms with Crippen molar-refractivity contribution in [2.45, 2.75) is 28.3 Å². The van der Waals surface area contributed by atoms with Crippen molar-refractivity contribution in [3.8, 4) is 0 Å². The summed E-state index contributed by atoms with van der Waals surface area (Å²) in [5, 5.41) is 8.25. The van der Waals surface area contributed by atoms with E-state index in [2.05, 4.69) is 5.32 Å². The van der Waals surface area contributed by atoms with Crippen LogP contribution < -0.4 is 10.5 Å². The smallest absolute Gasteiger partial charge is 0.302 e. The molecular weight excluding hydrogens is 414 g/mol. The van der Waals surface area contributed by atoms with Crippen molar-refractivity contribution in [1.82, 2.24) is 9.62 Å². The Balaban J connectivity index is 0.00000312. The Morgan fingerprint density at radius 3 is 2.68 bits per heavy atom. The van der Waals surface area contributed by atoms with Crippen LogP contribution in [0.25, 0.3) is 0 Å². The molecule has 0 aromatic carbocycles. The number of rotatable bonds is 6. The zero-order valence-electron chi connectivity index (χ0n) is 13.6. The van der Waals surface area contributed by atoms with Gasteiger partial charge in [-0.05, 0) is 12.6 Å². The number of nitrogens with one attached hydrogen (secondary N) is 1. The Bertz CT molecular complexity index is 836. The number of primary sulfonamides is 1. The van der Waals surface area contributed by atoms with Crippen molar-refractivity contribution in [2.24, 2.45) is 5.14 Å². The first-order valence-electron chi connectivity index (χ1n) is 7.10. The number of carbonyl (C=O) groups is 1. The van der Waals surface area contributed by atoms with Crippen molar-refractivity contribution in [3.05, 3.63) is 11.6 Å². The van der Waals surface area contributed by atoms with Crippen molar-refractivity contribution in [2.75, 3.05) is 26.2 Å². The first-order chi connectivity index (χ1) is 11.1. The maximum atomic E-state index is 12.7. The van der Waals surface area contributed by atoms with E-state index in [-0.39, 0.29) is 46.6 Å². The lowest BCUT2D eigenvalue weighted by Gasteiger charge is -2.32. The number of ether oxygens (including phenoxy) is 1. The molecule has 3 N–H and O–H groups in total. The molecule has 13 heteroatoms. The fourth-order valence-corrected chi connectivity index (χ4v) is 6.64. The Kier molecular flexibility index (Phi) is 7.39. The normalized spacial score (nSPS) is 19.7. The number of fused-ring (bicyclic) bond motifs is 1. The Morgan fingerprint density at radius 2 is 2.16 bits per heavy atom. The number of hydrogen-bond donors (Lipinski definition) is 2. The van der Waals surface area contributed by atoms with Crippen LogP contribution in [0.5, 0.6) is 0 Å². The second-order valence-electron chi connectivity index (χ2n) is 5.17. The molecule has 1 aliphatic rings. The van der Waals surface area contributed by atoms with Gasteiger partial charge in [-0.25, -0.2) is 22.0 Å². The van der Waals surface area contributed by atoms with E-state index >= 15 is 0 Å². The monoisotopic (exact) mass is 433 g/mol. The summed E-state index contributed by atoms with van der Waals surface area (Å²) in [5.41, 5.74) is 0.398. The maximum absolute atomic E-state index is 12.7. The molecule has 1 aromatic heterocycles. The zero-order valence-corrected chi connectivity index (χ0v) is 16.9. The Labute approximate surface area is 157 Å². The standard InChI is InChI=1S/C12H19N3O6S3.ClH/c1-3-14-10-7-15(4-5-21-8(2)16)24(19,20)12-9(10)6-11(22-12)23(13,17)18;/h6,10,14H,3-5,7H2,1-2H3,(H2,13,17,18);1H. The Hall–Kier alpha value is -0.760. The molecule has 0 spiro atoms. The van der Waals surface area contributed by atoms with Crippen LogP contribution in [0.4, 0.5) is 0 Å².